The Hall–Kier alpha value is -0.760. The number of ketones is 1. The van der Waals surface area contributed by atoms with Gasteiger partial charge < -0.3 is 0 Å². The van der Waals surface area contributed by atoms with Gasteiger partial charge in [0.1, 0.15) is 0 Å². The molecular formula is C11H10OS. The van der Waals surface area contributed by atoms with E-state index >= 15 is 0 Å². The zero-order valence-electron chi connectivity index (χ0n) is 7.25. The van der Waals surface area contributed by atoms with Gasteiger partial charge in [-0.15, -0.1) is 11.8 Å². The maximum atomic E-state index is 11.6. The summed E-state index contributed by atoms with van der Waals surface area (Å²) in [5.41, 5.74) is 2.35. The van der Waals surface area contributed by atoms with E-state index in [2.05, 4.69) is 6.07 Å². The lowest BCUT2D eigenvalue weighted by atomic mass is 9.83. The van der Waals surface area contributed by atoms with Crippen molar-refractivity contribution in [3.8, 4) is 0 Å². The van der Waals surface area contributed by atoms with Gasteiger partial charge in [-0.2, -0.15) is 0 Å². The summed E-state index contributed by atoms with van der Waals surface area (Å²) >= 11 is 1.90. The molecular weight excluding hydrogens is 180 g/mol. The molecule has 1 atom stereocenters. The van der Waals surface area contributed by atoms with Crippen LogP contribution in [0.15, 0.2) is 23.1 Å². The molecule has 1 unspecified atom stereocenters. The summed E-state index contributed by atoms with van der Waals surface area (Å²) in [6.07, 6.45) is 1.82. The smallest absolute Gasteiger partial charge is 0.163 e. The fraction of sp³-hybridized carbons (Fsp3) is 0.364. The summed E-state index contributed by atoms with van der Waals surface area (Å²) in [5.74, 6) is 2.18. The second kappa shape index (κ2) is 2.61. The van der Waals surface area contributed by atoms with E-state index in [-0.39, 0.29) is 0 Å². The maximum absolute atomic E-state index is 11.6. The fourth-order valence-electron chi connectivity index (χ4n) is 2.28. The van der Waals surface area contributed by atoms with E-state index in [1.165, 1.54) is 16.2 Å². The molecule has 1 nitrogen and oxygen atoms in total. The van der Waals surface area contributed by atoms with Crippen molar-refractivity contribution in [3.63, 3.8) is 0 Å². The predicted molar refractivity (Wildman–Crippen MR) is 53.5 cm³/mol. The molecule has 13 heavy (non-hydrogen) atoms. The van der Waals surface area contributed by atoms with Gasteiger partial charge in [0.15, 0.2) is 5.78 Å². The number of hydrogen-bond donors (Lipinski definition) is 0. The van der Waals surface area contributed by atoms with Crippen LogP contribution in [0.3, 0.4) is 0 Å². The van der Waals surface area contributed by atoms with Gasteiger partial charge >= 0.3 is 0 Å². The summed E-state index contributed by atoms with van der Waals surface area (Å²) in [7, 11) is 0. The first-order valence-electron chi connectivity index (χ1n) is 4.65. The van der Waals surface area contributed by atoms with Crippen molar-refractivity contribution < 1.29 is 4.79 Å². The zero-order chi connectivity index (χ0) is 8.84. The first-order valence-corrected chi connectivity index (χ1v) is 5.64. The molecule has 0 amide bonds. The molecule has 2 aliphatic rings. The average molecular weight is 190 g/mol. The zero-order valence-corrected chi connectivity index (χ0v) is 8.06. The highest BCUT2D eigenvalue weighted by Gasteiger charge is 2.31. The van der Waals surface area contributed by atoms with E-state index in [0.29, 0.717) is 11.7 Å². The molecule has 1 aromatic carbocycles. The minimum Gasteiger partial charge on any atom is -0.294 e. The van der Waals surface area contributed by atoms with Gasteiger partial charge in [-0.05, 0) is 24.0 Å². The third-order valence-electron chi connectivity index (χ3n) is 2.93. The van der Waals surface area contributed by atoms with Crippen LogP contribution < -0.4 is 0 Å². The number of carbonyl (C=O) groups is 1. The molecule has 3 rings (SSSR count). The van der Waals surface area contributed by atoms with E-state index in [1.807, 2.05) is 23.9 Å². The van der Waals surface area contributed by atoms with E-state index in [1.54, 1.807) is 0 Å². The third kappa shape index (κ3) is 0.983. The monoisotopic (exact) mass is 190 g/mol. The maximum Gasteiger partial charge on any atom is 0.163 e. The van der Waals surface area contributed by atoms with Crippen LogP contribution in [0.1, 0.15) is 34.7 Å². The van der Waals surface area contributed by atoms with Gasteiger partial charge in [-0.1, -0.05) is 12.1 Å². The number of carbonyl (C=O) groups excluding carboxylic acids is 1. The van der Waals surface area contributed by atoms with E-state index in [4.69, 9.17) is 0 Å². The molecule has 0 N–H and O–H groups in total. The topological polar surface area (TPSA) is 17.1 Å². The molecule has 0 spiro atoms. The molecule has 0 saturated heterocycles. The highest BCUT2D eigenvalue weighted by Crippen LogP contribution is 2.46. The molecule has 2 heteroatoms. The van der Waals surface area contributed by atoms with Crippen molar-refractivity contribution in [1.29, 1.82) is 0 Å². The predicted octanol–water partition coefficient (Wildman–Crippen LogP) is 2.85. The minimum absolute atomic E-state index is 0.343. The van der Waals surface area contributed by atoms with E-state index in [0.717, 1.165) is 18.4 Å². The van der Waals surface area contributed by atoms with Crippen LogP contribution in [0.5, 0.6) is 0 Å². The Morgan fingerprint density at radius 1 is 1.38 bits per heavy atom. The van der Waals surface area contributed by atoms with Crippen molar-refractivity contribution in [3.05, 3.63) is 29.3 Å². The number of hydrogen-bond acceptors (Lipinski definition) is 2. The lowest BCUT2D eigenvalue weighted by Gasteiger charge is -2.19. The minimum atomic E-state index is 0.343. The molecule has 1 aliphatic heterocycles. The first-order chi connectivity index (χ1) is 6.36. The summed E-state index contributed by atoms with van der Waals surface area (Å²) in [6.45, 7) is 0. The largest absolute Gasteiger partial charge is 0.294 e. The van der Waals surface area contributed by atoms with Gasteiger partial charge in [0.05, 0.1) is 0 Å². The van der Waals surface area contributed by atoms with Crippen molar-refractivity contribution in [1.82, 2.24) is 0 Å². The van der Waals surface area contributed by atoms with Crippen molar-refractivity contribution >= 4 is 17.5 Å². The van der Waals surface area contributed by atoms with Crippen LogP contribution in [-0.2, 0) is 0 Å². The van der Waals surface area contributed by atoms with E-state index < -0.39 is 0 Å². The third-order valence-corrected chi connectivity index (χ3v) is 4.17. The second-order valence-corrected chi connectivity index (χ2v) is 4.75. The molecule has 0 radical (unpaired) electrons. The molecule has 0 saturated carbocycles. The first kappa shape index (κ1) is 7.63. The SMILES string of the molecule is O=C1CCC2CSc3cccc1c32. The summed E-state index contributed by atoms with van der Waals surface area (Å²) in [4.78, 5) is 12.9. The van der Waals surface area contributed by atoms with Crippen LogP contribution in [0, 0.1) is 0 Å². The van der Waals surface area contributed by atoms with Gasteiger partial charge in [0.25, 0.3) is 0 Å². The number of Topliss-reactive ketones (excluding diaryl/α,β-unsaturated/α-hetero) is 1. The highest BCUT2D eigenvalue weighted by molar-refractivity contribution is 7.99. The molecule has 1 heterocycles. The fourth-order valence-corrected chi connectivity index (χ4v) is 3.60. The molecule has 66 valence electrons. The normalized spacial score (nSPS) is 24.6. The summed E-state index contributed by atoms with van der Waals surface area (Å²) < 4.78 is 0. The van der Waals surface area contributed by atoms with E-state index in [9.17, 15) is 4.79 Å². The van der Waals surface area contributed by atoms with Crippen LogP contribution in [0.2, 0.25) is 0 Å². The molecule has 1 aromatic rings. The Morgan fingerprint density at radius 3 is 3.23 bits per heavy atom. The van der Waals surface area contributed by atoms with Crippen molar-refractivity contribution in [2.75, 3.05) is 5.75 Å². The number of benzene rings is 1. The molecule has 0 fully saturated rings. The van der Waals surface area contributed by atoms with Crippen LogP contribution in [0.4, 0.5) is 0 Å². The Kier molecular flexibility index (Phi) is 1.53. The number of thioether (sulfide) groups is 1. The quantitative estimate of drug-likeness (QED) is 0.625. The van der Waals surface area contributed by atoms with Crippen molar-refractivity contribution in [2.24, 2.45) is 0 Å². The second-order valence-electron chi connectivity index (χ2n) is 3.69. The van der Waals surface area contributed by atoms with Crippen molar-refractivity contribution in [2.45, 2.75) is 23.7 Å². The Bertz CT molecular complexity index is 384. The lowest BCUT2D eigenvalue weighted by Crippen LogP contribution is -2.14. The number of rotatable bonds is 0. The lowest BCUT2D eigenvalue weighted by molar-refractivity contribution is 0.0968. The van der Waals surface area contributed by atoms with Gasteiger partial charge in [-0.3, -0.25) is 4.79 Å². The highest BCUT2D eigenvalue weighted by atomic mass is 32.2. The standard InChI is InChI=1S/C11H10OS/c12-9-5-4-7-6-13-10-3-1-2-8(9)11(7)10/h1-3,7H,4-6H2. The summed E-state index contributed by atoms with van der Waals surface area (Å²) in [5, 5.41) is 0. The van der Waals surface area contributed by atoms with Gasteiger partial charge in [0.2, 0.25) is 0 Å². The molecule has 0 bridgehead atoms. The van der Waals surface area contributed by atoms with Gasteiger partial charge in [0, 0.05) is 22.6 Å². The van der Waals surface area contributed by atoms with Gasteiger partial charge in [-0.25, -0.2) is 0 Å². The van der Waals surface area contributed by atoms with Crippen LogP contribution >= 0.6 is 11.8 Å². The Labute approximate surface area is 81.5 Å². The van der Waals surface area contributed by atoms with Crippen LogP contribution in [-0.4, -0.2) is 11.5 Å². The Balaban J connectivity index is 2.28. The molecule has 0 aromatic heterocycles. The summed E-state index contributed by atoms with van der Waals surface area (Å²) in [6, 6.07) is 6.13. The molecule has 1 aliphatic carbocycles. The average Bonchev–Trinajstić information content (AvgIpc) is 2.57. The van der Waals surface area contributed by atoms with Crippen LogP contribution in [0.25, 0.3) is 0 Å². The Morgan fingerprint density at radius 2 is 2.31 bits per heavy atom.